The van der Waals surface area contributed by atoms with Gasteiger partial charge in [0.25, 0.3) is 0 Å². The Morgan fingerprint density at radius 1 is 1.07 bits per heavy atom. The first-order valence-electron chi connectivity index (χ1n) is 6.21. The van der Waals surface area contributed by atoms with Gasteiger partial charge >= 0.3 is 0 Å². The molecule has 82 valence electrons. The molecule has 2 heteroatoms. The summed E-state index contributed by atoms with van der Waals surface area (Å²) in [6, 6.07) is 0.987. The molecular weight excluding hydrogens is 174 g/mol. The minimum atomic E-state index is -0.0844. The molecule has 0 aliphatic heterocycles. The van der Waals surface area contributed by atoms with E-state index in [1.54, 1.807) is 0 Å². The molecule has 2 saturated carbocycles. The molecule has 0 aromatic heterocycles. The summed E-state index contributed by atoms with van der Waals surface area (Å²) in [5.74, 6) is 0.864. The second kappa shape index (κ2) is 4.63. The molecule has 2 aliphatic carbocycles. The zero-order valence-electron chi connectivity index (χ0n) is 9.21. The maximum atomic E-state index is 9.72. The van der Waals surface area contributed by atoms with Crippen LogP contribution in [-0.2, 0) is 0 Å². The highest BCUT2D eigenvalue weighted by Crippen LogP contribution is 2.29. The zero-order chi connectivity index (χ0) is 9.97. The molecule has 2 rings (SSSR count). The van der Waals surface area contributed by atoms with Gasteiger partial charge in [0.15, 0.2) is 0 Å². The van der Waals surface area contributed by atoms with Crippen molar-refractivity contribution >= 4 is 0 Å². The summed E-state index contributed by atoms with van der Waals surface area (Å²) >= 11 is 0. The van der Waals surface area contributed by atoms with Crippen LogP contribution in [0, 0.1) is 5.92 Å². The second-order valence-electron chi connectivity index (χ2n) is 5.10. The van der Waals surface area contributed by atoms with Crippen LogP contribution in [0.25, 0.3) is 0 Å². The van der Waals surface area contributed by atoms with E-state index in [2.05, 4.69) is 12.2 Å². The minimum Gasteiger partial charge on any atom is -0.392 e. The van der Waals surface area contributed by atoms with Crippen LogP contribution in [-0.4, -0.2) is 23.3 Å². The van der Waals surface area contributed by atoms with E-state index < -0.39 is 0 Å². The summed E-state index contributed by atoms with van der Waals surface area (Å²) in [7, 11) is 0. The number of nitrogens with one attached hydrogen (secondary N) is 1. The van der Waals surface area contributed by atoms with Crippen LogP contribution in [0.4, 0.5) is 0 Å². The van der Waals surface area contributed by atoms with Gasteiger partial charge in [0.1, 0.15) is 0 Å². The van der Waals surface area contributed by atoms with Crippen molar-refractivity contribution in [1.29, 1.82) is 0 Å². The highest BCUT2D eigenvalue weighted by atomic mass is 16.3. The molecular formula is C12H23NO. The van der Waals surface area contributed by atoms with Crippen molar-refractivity contribution in [3.8, 4) is 0 Å². The molecule has 0 saturated heterocycles. The molecule has 0 heterocycles. The van der Waals surface area contributed by atoms with Gasteiger partial charge in [-0.25, -0.2) is 0 Å². The molecule has 0 aromatic rings. The first-order valence-corrected chi connectivity index (χ1v) is 6.21. The van der Waals surface area contributed by atoms with E-state index in [0.29, 0.717) is 12.1 Å². The Morgan fingerprint density at radius 2 is 1.79 bits per heavy atom. The van der Waals surface area contributed by atoms with Crippen molar-refractivity contribution in [1.82, 2.24) is 5.32 Å². The molecule has 0 radical (unpaired) electrons. The SMILES string of the molecule is CC(N[C@@H]1CCC[C@H]1O)C1CCCC1. The van der Waals surface area contributed by atoms with Gasteiger partial charge in [-0.3, -0.25) is 0 Å². The largest absolute Gasteiger partial charge is 0.392 e. The molecule has 0 spiro atoms. The third kappa shape index (κ3) is 2.29. The molecule has 1 unspecified atom stereocenters. The van der Waals surface area contributed by atoms with E-state index in [4.69, 9.17) is 0 Å². The fraction of sp³-hybridized carbons (Fsp3) is 1.00. The lowest BCUT2D eigenvalue weighted by molar-refractivity contribution is 0.138. The van der Waals surface area contributed by atoms with Gasteiger partial charge in [0.05, 0.1) is 6.10 Å². The molecule has 14 heavy (non-hydrogen) atoms. The number of hydrogen-bond acceptors (Lipinski definition) is 2. The quantitative estimate of drug-likeness (QED) is 0.726. The molecule has 2 nitrogen and oxygen atoms in total. The first-order chi connectivity index (χ1) is 6.77. The van der Waals surface area contributed by atoms with Gasteiger partial charge < -0.3 is 10.4 Å². The van der Waals surface area contributed by atoms with Gasteiger partial charge in [0, 0.05) is 12.1 Å². The van der Waals surface area contributed by atoms with Crippen LogP contribution >= 0.6 is 0 Å². The Labute approximate surface area is 87.1 Å². The van der Waals surface area contributed by atoms with E-state index in [9.17, 15) is 5.11 Å². The second-order valence-corrected chi connectivity index (χ2v) is 5.10. The number of rotatable bonds is 3. The van der Waals surface area contributed by atoms with Gasteiger partial charge in [-0.15, -0.1) is 0 Å². The van der Waals surface area contributed by atoms with Crippen LogP contribution in [0.3, 0.4) is 0 Å². The van der Waals surface area contributed by atoms with Crippen molar-refractivity contribution in [2.75, 3.05) is 0 Å². The van der Waals surface area contributed by atoms with Crippen molar-refractivity contribution in [2.24, 2.45) is 5.92 Å². The predicted octanol–water partition coefficient (Wildman–Crippen LogP) is 2.07. The Balaban J connectivity index is 1.78. The molecule has 0 aromatic carbocycles. The first kappa shape index (κ1) is 10.4. The fourth-order valence-corrected chi connectivity index (χ4v) is 3.07. The normalized spacial score (nSPS) is 36.4. The Bertz CT molecular complexity index is 177. The van der Waals surface area contributed by atoms with Gasteiger partial charge in [-0.1, -0.05) is 12.8 Å². The smallest absolute Gasteiger partial charge is 0.0693 e. The maximum absolute atomic E-state index is 9.72. The summed E-state index contributed by atoms with van der Waals surface area (Å²) in [5.41, 5.74) is 0. The topological polar surface area (TPSA) is 32.3 Å². The standard InChI is InChI=1S/C12H23NO/c1-9(10-5-2-3-6-10)13-11-7-4-8-12(11)14/h9-14H,2-8H2,1H3/t9?,11-,12-/m1/s1. The van der Waals surface area contributed by atoms with E-state index >= 15 is 0 Å². The van der Waals surface area contributed by atoms with Crippen molar-refractivity contribution in [2.45, 2.75) is 70.1 Å². The van der Waals surface area contributed by atoms with Crippen molar-refractivity contribution < 1.29 is 5.11 Å². The van der Waals surface area contributed by atoms with E-state index in [1.807, 2.05) is 0 Å². The highest BCUT2D eigenvalue weighted by Gasteiger charge is 2.29. The van der Waals surface area contributed by atoms with Crippen LogP contribution in [0.15, 0.2) is 0 Å². The summed E-state index contributed by atoms with van der Waals surface area (Å²) in [6.45, 7) is 2.29. The summed E-state index contributed by atoms with van der Waals surface area (Å²) in [6.07, 6.45) is 8.85. The van der Waals surface area contributed by atoms with Crippen LogP contribution < -0.4 is 5.32 Å². The summed E-state index contributed by atoms with van der Waals surface area (Å²) in [4.78, 5) is 0. The Kier molecular flexibility index (Phi) is 3.45. The van der Waals surface area contributed by atoms with Gasteiger partial charge in [-0.05, 0) is 44.9 Å². The molecule has 0 amide bonds. The van der Waals surface area contributed by atoms with Gasteiger partial charge in [0.2, 0.25) is 0 Å². The average Bonchev–Trinajstić information content (AvgIpc) is 2.77. The molecule has 2 fully saturated rings. The third-order valence-corrected chi connectivity index (χ3v) is 4.06. The average molecular weight is 197 g/mol. The van der Waals surface area contributed by atoms with E-state index in [1.165, 1.54) is 32.1 Å². The van der Waals surface area contributed by atoms with Crippen LogP contribution in [0.2, 0.25) is 0 Å². The Morgan fingerprint density at radius 3 is 2.36 bits per heavy atom. The minimum absolute atomic E-state index is 0.0844. The Hall–Kier alpha value is -0.0800. The summed E-state index contributed by atoms with van der Waals surface area (Å²) in [5, 5.41) is 13.3. The van der Waals surface area contributed by atoms with Crippen molar-refractivity contribution in [3.05, 3.63) is 0 Å². The molecule has 2 N–H and O–H groups in total. The lowest BCUT2D eigenvalue weighted by Gasteiger charge is -2.26. The highest BCUT2D eigenvalue weighted by molar-refractivity contribution is 4.87. The lowest BCUT2D eigenvalue weighted by atomic mass is 9.98. The zero-order valence-corrected chi connectivity index (χ0v) is 9.21. The number of aliphatic hydroxyl groups excluding tert-OH is 1. The van der Waals surface area contributed by atoms with Crippen LogP contribution in [0.5, 0.6) is 0 Å². The molecule has 3 atom stereocenters. The van der Waals surface area contributed by atoms with Crippen LogP contribution in [0.1, 0.15) is 51.9 Å². The van der Waals surface area contributed by atoms with Crippen molar-refractivity contribution in [3.63, 3.8) is 0 Å². The third-order valence-electron chi connectivity index (χ3n) is 4.06. The number of aliphatic hydroxyl groups is 1. The summed E-state index contributed by atoms with van der Waals surface area (Å²) < 4.78 is 0. The number of hydrogen-bond donors (Lipinski definition) is 2. The fourth-order valence-electron chi connectivity index (χ4n) is 3.07. The molecule has 2 aliphatic rings. The molecule has 0 bridgehead atoms. The van der Waals surface area contributed by atoms with Gasteiger partial charge in [-0.2, -0.15) is 0 Å². The lowest BCUT2D eigenvalue weighted by Crippen LogP contribution is -2.44. The monoisotopic (exact) mass is 197 g/mol. The maximum Gasteiger partial charge on any atom is 0.0693 e. The predicted molar refractivity (Wildman–Crippen MR) is 58.2 cm³/mol. The van der Waals surface area contributed by atoms with E-state index in [0.717, 1.165) is 18.8 Å². The van der Waals surface area contributed by atoms with E-state index in [-0.39, 0.29) is 6.10 Å².